The molecule has 0 spiro atoms. The number of carbonyl (C=O) groups excluding carboxylic acids is 2. The van der Waals surface area contributed by atoms with Crippen molar-refractivity contribution < 1.29 is 19.1 Å². The van der Waals surface area contributed by atoms with E-state index in [1.54, 1.807) is 12.1 Å². The van der Waals surface area contributed by atoms with Crippen LogP contribution in [0.15, 0.2) is 54.6 Å². The minimum Gasteiger partial charge on any atom is -0.462 e. The topological polar surface area (TPSA) is 55.8 Å². The normalized spacial score (nSPS) is 24.7. The second-order valence-electron chi connectivity index (χ2n) is 8.09. The van der Waals surface area contributed by atoms with Crippen LogP contribution in [0.5, 0.6) is 5.75 Å². The first-order valence-corrected chi connectivity index (χ1v) is 10.3. The summed E-state index contributed by atoms with van der Waals surface area (Å²) in [6, 6.07) is 17.8. The molecule has 5 nitrogen and oxygen atoms in total. The van der Waals surface area contributed by atoms with Crippen molar-refractivity contribution in [1.29, 1.82) is 0 Å². The molecule has 0 radical (unpaired) electrons. The molecule has 29 heavy (non-hydrogen) atoms. The lowest BCUT2D eigenvalue weighted by atomic mass is 9.91. The number of nitrogens with zero attached hydrogens (tertiary/aromatic N) is 1. The van der Waals surface area contributed by atoms with Gasteiger partial charge in [0.05, 0.1) is 0 Å². The molecule has 2 saturated heterocycles. The van der Waals surface area contributed by atoms with Crippen LogP contribution >= 0.6 is 0 Å². The minimum absolute atomic E-state index is 0.0252. The summed E-state index contributed by atoms with van der Waals surface area (Å²) in [7, 11) is 2.18. The highest BCUT2D eigenvalue weighted by molar-refractivity contribution is 5.82. The molecular formula is C24H27NO4. The lowest BCUT2D eigenvalue weighted by Crippen LogP contribution is -2.43. The van der Waals surface area contributed by atoms with Gasteiger partial charge in [-0.15, -0.1) is 0 Å². The molecule has 2 aromatic carbocycles. The van der Waals surface area contributed by atoms with Crippen LogP contribution in [0.2, 0.25) is 0 Å². The van der Waals surface area contributed by atoms with Gasteiger partial charge in [-0.05, 0) is 56.0 Å². The number of carbonyl (C=O) groups is 2. The lowest BCUT2D eigenvalue weighted by Gasteiger charge is -2.36. The molecule has 3 unspecified atom stereocenters. The number of esters is 2. The van der Waals surface area contributed by atoms with Crippen LogP contribution in [-0.4, -0.2) is 42.1 Å². The van der Waals surface area contributed by atoms with Crippen LogP contribution in [0.25, 0.3) is 0 Å². The molecule has 3 atom stereocenters. The fraction of sp³-hybridized carbons (Fsp3) is 0.417. The van der Waals surface area contributed by atoms with E-state index in [0.717, 1.165) is 24.0 Å². The van der Waals surface area contributed by atoms with E-state index in [9.17, 15) is 9.59 Å². The number of fused-ring (bicyclic) bond motifs is 2. The monoisotopic (exact) mass is 393 g/mol. The highest BCUT2D eigenvalue weighted by atomic mass is 16.5. The van der Waals surface area contributed by atoms with E-state index >= 15 is 0 Å². The van der Waals surface area contributed by atoms with Gasteiger partial charge in [0.15, 0.2) is 0 Å². The molecule has 4 rings (SSSR count). The molecule has 2 aliphatic heterocycles. The highest BCUT2D eigenvalue weighted by Gasteiger charge is 2.40. The molecule has 2 aliphatic rings. The van der Waals surface area contributed by atoms with Gasteiger partial charge in [0.2, 0.25) is 0 Å². The van der Waals surface area contributed by atoms with Gasteiger partial charge in [0, 0.05) is 19.0 Å². The third-order valence-electron chi connectivity index (χ3n) is 6.18. The van der Waals surface area contributed by atoms with Crippen LogP contribution in [-0.2, 0) is 14.3 Å². The van der Waals surface area contributed by atoms with Crippen molar-refractivity contribution >= 4 is 11.9 Å². The summed E-state index contributed by atoms with van der Waals surface area (Å²) in [6.07, 6.45) is 4.17. The molecule has 5 heteroatoms. The lowest BCUT2D eigenvalue weighted by molar-refractivity contribution is -0.153. The summed E-state index contributed by atoms with van der Waals surface area (Å²) in [6.45, 7) is 1.37. The van der Waals surface area contributed by atoms with E-state index in [0.29, 0.717) is 17.8 Å². The molecule has 2 fully saturated rings. The maximum Gasteiger partial charge on any atom is 0.318 e. The first kappa shape index (κ1) is 19.6. The quantitative estimate of drug-likeness (QED) is 0.569. The molecule has 2 heterocycles. The third kappa shape index (κ3) is 4.35. The minimum atomic E-state index is -0.500. The Morgan fingerprint density at radius 2 is 1.52 bits per heavy atom. The number of piperidine rings is 1. The Bertz CT molecular complexity index is 850. The Morgan fingerprint density at radius 3 is 2.10 bits per heavy atom. The molecule has 0 aliphatic carbocycles. The molecule has 0 amide bonds. The van der Waals surface area contributed by atoms with E-state index in [2.05, 4.69) is 11.9 Å². The Kier molecular flexibility index (Phi) is 5.67. The molecule has 0 saturated carbocycles. The largest absolute Gasteiger partial charge is 0.462 e. The maximum absolute atomic E-state index is 13.3. The van der Waals surface area contributed by atoms with E-state index in [4.69, 9.17) is 9.47 Å². The molecule has 2 bridgehead atoms. The first-order valence-electron chi connectivity index (χ1n) is 10.3. The number of rotatable bonds is 5. The van der Waals surface area contributed by atoms with Crippen molar-refractivity contribution in [3.05, 3.63) is 65.7 Å². The molecule has 152 valence electrons. The first-order chi connectivity index (χ1) is 14.0. The van der Waals surface area contributed by atoms with Crippen LogP contribution < -0.4 is 4.74 Å². The Hall–Kier alpha value is -2.66. The second-order valence-corrected chi connectivity index (χ2v) is 8.09. The molecule has 0 aromatic heterocycles. The zero-order valence-electron chi connectivity index (χ0n) is 16.9. The number of hydrogen-bond acceptors (Lipinski definition) is 5. The van der Waals surface area contributed by atoms with Gasteiger partial charge in [0.1, 0.15) is 17.8 Å². The summed E-state index contributed by atoms with van der Waals surface area (Å²) in [5, 5.41) is 0. The predicted molar refractivity (Wildman–Crippen MR) is 110 cm³/mol. The van der Waals surface area contributed by atoms with E-state index in [-0.39, 0.29) is 18.0 Å². The zero-order valence-corrected chi connectivity index (χ0v) is 16.9. The average molecular weight is 393 g/mol. The fourth-order valence-electron chi connectivity index (χ4n) is 4.69. The van der Waals surface area contributed by atoms with Gasteiger partial charge >= 0.3 is 11.9 Å². The van der Waals surface area contributed by atoms with Gasteiger partial charge in [0.25, 0.3) is 0 Å². The maximum atomic E-state index is 13.3. The second kappa shape index (κ2) is 8.37. The van der Waals surface area contributed by atoms with E-state index < -0.39 is 5.92 Å². The summed E-state index contributed by atoms with van der Waals surface area (Å²) in [5.41, 5.74) is 1.72. The van der Waals surface area contributed by atoms with Crippen LogP contribution in [0, 0.1) is 0 Å². The van der Waals surface area contributed by atoms with Gasteiger partial charge < -0.3 is 14.4 Å². The SMILES string of the molecule is CC(=O)Oc1ccc(C(C(=O)OC2CC3CCC(C2)N3C)c2ccccc2)cc1. The Balaban J connectivity index is 1.54. The van der Waals surface area contributed by atoms with Gasteiger partial charge in [-0.25, -0.2) is 0 Å². The van der Waals surface area contributed by atoms with Gasteiger partial charge in [-0.3, -0.25) is 9.59 Å². The van der Waals surface area contributed by atoms with Crippen molar-refractivity contribution in [2.24, 2.45) is 0 Å². The van der Waals surface area contributed by atoms with E-state index in [1.165, 1.54) is 19.8 Å². The van der Waals surface area contributed by atoms with Crippen molar-refractivity contribution in [2.75, 3.05) is 7.05 Å². The predicted octanol–water partition coefficient (Wildman–Crippen LogP) is 3.91. The van der Waals surface area contributed by atoms with Crippen molar-refractivity contribution in [3.8, 4) is 5.75 Å². The van der Waals surface area contributed by atoms with Gasteiger partial charge in [-0.1, -0.05) is 42.5 Å². The summed E-state index contributed by atoms with van der Waals surface area (Å²) >= 11 is 0. The number of benzene rings is 2. The van der Waals surface area contributed by atoms with Crippen LogP contribution in [0.3, 0.4) is 0 Å². The fourth-order valence-corrected chi connectivity index (χ4v) is 4.69. The summed E-state index contributed by atoms with van der Waals surface area (Å²) in [5.74, 6) is -0.618. The van der Waals surface area contributed by atoms with Crippen molar-refractivity contribution in [2.45, 2.75) is 56.7 Å². The van der Waals surface area contributed by atoms with Gasteiger partial charge in [-0.2, -0.15) is 0 Å². The third-order valence-corrected chi connectivity index (χ3v) is 6.18. The Morgan fingerprint density at radius 1 is 0.931 bits per heavy atom. The summed E-state index contributed by atoms with van der Waals surface area (Å²) in [4.78, 5) is 26.9. The standard InChI is InChI=1S/C24H27NO4/c1-16(26)28-21-12-8-18(9-13-21)23(17-6-4-3-5-7-17)24(27)29-22-14-19-10-11-20(15-22)25(19)2/h3-9,12-13,19-20,22-23H,10-11,14-15H2,1-2H3. The molecular weight excluding hydrogens is 366 g/mol. The van der Waals surface area contributed by atoms with E-state index in [1.807, 2.05) is 42.5 Å². The number of ether oxygens (including phenoxy) is 2. The van der Waals surface area contributed by atoms with Crippen molar-refractivity contribution in [1.82, 2.24) is 4.90 Å². The smallest absolute Gasteiger partial charge is 0.318 e. The van der Waals surface area contributed by atoms with Crippen molar-refractivity contribution in [3.63, 3.8) is 0 Å². The highest BCUT2D eigenvalue weighted by Crippen LogP contribution is 2.37. The number of hydrogen-bond donors (Lipinski definition) is 0. The zero-order chi connectivity index (χ0) is 20.4. The van der Waals surface area contributed by atoms with Crippen LogP contribution in [0.4, 0.5) is 0 Å². The average Bonchev–Trinajstić information content (AvgIpc) is 2.90. The Labute approximate surface area is 171 Å². The summed E-state index contributed by atoms with van der Waals surface area (Å²) < 4.78 is 11.2. The molecule has 0 N–H and O–H groups in total. The van der Waals surface area contributed by atoms with Crippen LogP contribution in [0.1, 0.15) is 49.7 Å². The molecule has 2 aromatic rings.